The summed E-state index contributed by atoms with van der Waals surface area (Å²) in [6, 6.07) is 3.33. The van der Waals surface area contributed by atoms with Crippen LogP contribution >= 0.6 is 15.9 Å². The Labute approximate surface area is 120 Å². The molecule has 1 fully saturated rings. The van der Waals surface area contributed by atoms with Crippen molar-refractivity contribution in [2.45, 2.75) is 19.4 Å². The van der Waals surface area contributed by atoms with Gasteiger partial charge in [-0.1, -0.05) is 0 Å². The highest BCUT2D eigenvalue weighted by Crippen LogP contribution is 2.34. The van der Waals surface area contributed by atoms with Crippen LogP contribution in [-0.4, -0.2) is 31.1 Å². The molecular weight excluding hydrogens is 313 g/mol. The zero-order chi connectivity index (χ0) is 14.2. The maximum atomic E-state index is 14.5. The number of amidine groups is 1. The summed E-state index contributed by atoms with van der Waals surface area (Å²) in [5, 5.41) is 7.41. The van der Waals surface area contributed by atoms with Crippen LogP contribution in [0.4, 0.5) is 10.1 Å². The molecule has 0 aliphatic carbocycles. The molecular formula is C13H17BrFN3O. The van der Waals surface area contributed by atoms with Crippen molar-refractivity contribution < 1.29 is 9.13 Å². The van der Waals surface area contributed by atoms with E-state index < -0.39 is 0 Å². The molecule has 1 saturated heterocycles. The SMILES string of the molecule is CC1(C)COCCN1c1ccc(C(=N)N)c(Br)c1F. The number of benzene rings is 1. The predicted molar refractivity (Wildman–Crippen MR) is 77.4 cm³/mol. The molecule has 104 valence electrons. The Morgan fingerprint density at radius 3 is 2.79 bits per heavy atom. The molecule has 0 saturated carbocycles. The van der Waals surface area contributed by atoms with Gasteiger partial charge < -0.3 is 15.4 Å². The topological polar surface area (TPSA) is 62.3 Å². The van der Waals surface area contributed by atoms with Gasteiger partial charge in [-0.05, 0) is 41.9 Å². The number of nitrogen functional groups attached to an aromatic ring is 1. The van der Waals surface area contributed by atoms with Gasteiger partial charge in [-0.15, -0.1) is 0 Å². The number of anilines is 1. The second kappa shape index (κ2) is 5.09. The highest BCUT2D eigenvalue weighted by Gasteiger charge is 2.33. The number of hydrogen-bond donors (Lipinski definition) is 2. The molecule has 0 bridgehead atoms. The molecule has 0 radical (unpaired) electrons. The van der Waals surface area contributed by atoms with Gasteiger partial charge >= 0.3 is 0 Å². The number of morpholine rings is 1. The molecule has 0 unspecified atom stereocenters. The Kier molecular flexibility index (Phi) is 3.82. The third-order valence-electron chi connectivity index (χ3n) is 3.29. The van der Waals surface area contributed by atoms with Crippen LogP contribution in [-0.2, 0) is 4.74 Å². The average Bonchev–Trinajstić information content (AvgIpc) is 2.32. The fourth-order valence-corrected chi connectivity index (χ4v) is 2.81. The van der Waals surface area contributed by atoms with Gasteiger partial charge in [-0.3, -0.25) is 5.41 Å². The summed E-state index contributed by atoms with van der Waals surface area (Å²) in [4.78, 5) is 1.99. The van der Waals surface area contributed by atoms with Crippen molar-refractivity contribution in [3.8, 4) is 0 Å². The van der Waals surface area contributed by atoms with Crippen molar-refractivity contribution in [2.24, 2.45) is 5.73 Å². The number of rotatable bonds is 2. The summed E-state index contributed by atoms with van der Waals surface area (Å²) >= 11 is 3.18. The van der Waals surface area contributed by atoms with Gasteiger partial charge in [0.25, 0.3) is 0 Å². The lowest BCUT2D eigenvalue weighted by Crippen LogP contribution is -2.53. The quantitative estimate of drug-likeness (QED) is 0.647. The van der Waals surface area contributed by atoms with Gasteiger partial charge in [0.2, 0.25) is 0 Å². The minimum absolute atomic E-state index is 0.154. The van der Waals surface area contributed by atoms with Gasteiger partial charge in [-0.25, -0.2) is 4.39 Å². The second-order valence-electron chi connectivity index (χ2n) is 5.19. The number of nitrogens with zero attached hydrogens (tertiary/aromatic N) is 1. The van der Waals surface area contributed by atoms with Crippen molar-refractivity contribution in [3.63, 3.8) is 0 Å². The lowest BCUT2D eigenvalue weighted by molar-refractivity contribution is 0.0640. The monoisotopic (exact) mass is 329 g/mol. The van der Waals surface area contributed by atoms with Crippen molar-refractivity contribution in [2.75, 3.05) is 24.7 Å². The van der Waals surface area contributed by atoms with Crippen LogP contribution in [0, 0.1) is 11.2 Å². The smallest absolute Gasteiger partial charge is 0.161 e. The fourth-order valence-electron chi connectivity index (χ4n) is 2.26. The lowest BCUT2D eigenvalue weighted by Gasteiger charge is -2.44. The normalized spacial score (nSPS) is 18.4. The Morgan fingerprint density at radius 1 is 1.53 bits per heavy atom. The van der Waals surface area contributed by atoms with E-state index in [1.54, 1.807) is 12.1 Å². The van der Waals surface area contributed by atoms with Crippen molar-refractivity contribution in [3.05, 3.63) is 28.0 Å². The fraction of sp³-hybridized carbons (Fsp3) is 0.462. The van der Waals surface area contributed by atoms with Gasteiger partial charge in [0.15, 0.2) is 5.82 Å². The number of hydrogen-bond acceptors (Lipinski definition) is 3. The Bertz CT molecular complexity index is 519. The van der Waals surface area contributed by atoms with Crippen LogP contribution in [0.15, 0.2) is 16.6 Å². The maximum absolute atomic E-state index is 14.5. The van der Waals surface area contributed by atoms with Crippen molar-refractivity contribution >= 4 is 27.5 Å². The molecule has 0 aromatic heterocycles. The lowest BCUT2D eigenvalue weighted by atomic mass is 10.0. The van der Waals surface area contributed by atoms with E-state index in [9.17, 15) is 4.39 Å². The molecule has 1 aromatic carbocycles. The standard InChI is InChI=1S/C13H17BrFN3O/c1-13(2)7-19-6-5-18(13)9-4-3-8(12(16)17)10(14)11(9)15/h3-4H,5-7H2,1-2H3,(H3,16,17). The summed E-state index contributed by atoms with van der Waals surface area (Å²) in [5.41, 5.74) is 6.02. The molecule has 1 aliphatic heterocycles. The van der Waals surface area contributed by atoms with Crippen LogP contribution in [0.25, 0.3) is 0 Å². The molecule has 3 N–H and O–H groups in total. The molecule has 2 rings (SSSR count). The Hall–Kier alpha value is -1.14. The van der Waals surface area contributed by atoms with E-state index in [1.807, 2.05) is 18.7 Å². The summed E-state index contributed by atoms with van der Waals surface area (Å²) < 4.78 is 20.1. The number of ether oxygens (including phenoxy) is 1. The third-order valence-corrected chi connectivity index (χ3v) is 4.06. The largest absolute Gasteiger partial charge is 0.384 e. The maximum Gasteiger partial charge on any atom is 0.161 e. The molecule has 6 heteroatoms. The zero-order valence-electron chi connectivity index (χ0n) is 11.0. The highest BCUT2D eigenvalue weighted by atomic mass is 79.9. The van der Waals surface area contributed by atoms with E-state index in [2.05, 4.69) is 15.9 Å². The van der Waals surface area contributed by atoms with Gasteiger partial charge in [0.1, 0.15) is 5.84 Å². The zero-order valence-corrected chi connectivity index (χ0v) is 12.6. The van der Waals surface area contributed by atoms with Crippen LogP contribution in [0.2, 0.25) is 0 Å². The molecule has 19 heavy (non-hydrogen) atoms. The minimum Gasteiger partial charge on any atom is -0.384 e. The molecule has 1 aromatic rings. The number of halogens is 2. The first-order valence-corrected chi connectivity index (χ1v) is 6.81. The highest BCUT2D eigenvalue weighted by molar-refractivity contribution is 9.10. The van der Waals surface area contributed by atoms with Crippen LogP contribution in [0.1, 0.15) is 19.4 Å². The summed E-state index contributed by atoms with van der Waals surface area (Å²) in [5.74, 6) is -0.541. The molecule has 1 heterocycles. The number of nitrogens with one attached hydrogen (secondary N) is 1. The summed E-state index contributed by atoms with van der Waals surface area (Å²) in [7, 11) is 0. The first-order valence-electron chi connectivity index (χ1n) is 6.02. The van der Waals surface area contributed by atoms with Gasteiger partial charge in [0, 0.05) is 12.1 Å². The molecule has 0 spiro atoms. The summed E-state index contributed by atoms with van der Waals surface area (Å²) in [6.07, 6.45) is 0. The van der Waals surface area contributed by atoms with Crippen LogP contribution < -0.4 is 10.6 Å². The van der Waals surface area contributed by atoms with Crippen LogP contribution in [0.3, 0.4) is 0 Å². The average molecular weight is 330 g/mol. The van der Waals surface area contributed by atoms with Crippen molar-refractivity contribution in [1.29, 1.82) is 5.41 Å². The summed E-state index contributed by atoms with van der Waals surface area (Å²) in [6.45, 7) is 5.79. The molecule has 0 atom stereocenters. The first-order chi connectivity index (χ1) is 8.84. The molecule has 0 amide bonds. The second-order valence-corrected chi connectivity index (χ2v) is 5.98. The molecule has 4 nitrogen and oxygen atoms in total. The minimum atomic E-state index is -0.386. The molecule has 1 aliphatic rings. The van der Waals surface area contributed by atoms with Crippen molar-refractivity contribution in [1.82, 2.24) is 0 Å². The Balaban J connectivity index is 2.46. The Morgan fingerprint density at radius 2 is 2.21 bits per heavy atom. The van der Waals surface area contributed by atoms with E-state index in [0.29, 0.717) is 31.0 Å². The van der Waals surface area contributed by atoms with E-state index in [4.69, 9.17) is 15.9 Å². The third kappa shape index (κ3) is 2.60. The predicted octanol–water partition coefficient (Wildman–Crippen LogP) is 2.49. The van der Waals surface area contributed by atoms with E-state index in [-0.39, 0.29) is 21.7 Å². The van der Waals surface area contributed by atoms with Crippen LogP contribution in [0.5, 0.6) is 0 Å². The first kappa shape index (κ1) is 14.3. The van der Waals surface area contributed by atoms with Gasteiger partial charge in [-0.2, -0.15) is 0 Å². The van der Waals surface area contributed by atoms with Gasteiger partial charge in [0.05, 0.1) is 28.9 Å². The van der Waals surface area contributed by atoms with E-state index >= 15 is 0 Å². The number of nitrogens with two attached hydrogens (primary N) is 1. The van der Waals surface area contributed by atoms with E-state index in [0.717, 1.165) is 0 Å². The van der Waals surface area contributed by atoms with E-state index in [1.165, 1.54) is 0 Å².